The van der Waals surface area contributed by atoms with Crippen molar-refractivity contribution in [1.29, 1.82) is 0 Å². The molecule has 6 nitrogen and oxygen atoms in total. The Morgan fingerprint density at radius 2 is 1.40 bits per heavy atom. The van der Waals surface area contributed by atoms with Gasteiger partial charge in [-0.1, -0.05) is 93.6 Å². The first-order valence-electron chi connectivity index (χ1n) is 16.3. The highest BCUT2D eigenvalue weighted by molar-refractivity contribution is 5.88. The molecule has 0 aliphatic rings. The van der Waals surface area contributed by atoms with Crippen LogP contribution in [0.2, 0.25) is 0 Å². The van der Waals surface area contributed by atoms with Gasteiger partial charge in [-0.15, -0.1) is 0 Å². The average Bonchev–Trinajstić information content (AvgIpc) is 3.04. The van der Waals surface area contributed by atoms with Gasteiger partial charge in [0.05, 0.1) is 37.6 Å². The minimum atomic E-state index is -1.03. The number of ether oxygens (including phenoxy) is 3. The Hall–Kier alpha value is -4.07. The Morgan fingerprint density at radius 1 is 0.830 bits per heavy atom. The zero-order chi connectivity index (χ0) is 34.4. The highest BCUT2D eigenvalue weighted by Crippen LogP contribution is 2.29. The van der Waals surface area contributed by atoms with E-state index in [0.29, 0.717) is 18.4 Å². The fourth-order valence-corrected chi connectivity index (χ4v) is 4.90. The van der Waals surface area contributed by atoms with Crippen molar-refractivity contribution in [3.8, 4) is 22.3 Å². The van der Waals surface area contributed by atoms with Crippen molar-refractivity contribution < 1.29 is 33.3 Å². The van der Waals surface area contributed by atoms with Gasteiger partial charge >= 0.3 is 11.9 Å². The van der Waals surface area contributed by atoms with Gasteiger partial charge in [-0.05, 0) is 80.3 Å². The van der Waals surface area contributed by atoms with E-state index in [1.807, 2.05) is 36.4 Å². The molecular formula is C40H49FO6. The fraction of sp³-hybridized carbons (Fsp3) is 0.400. The lowest BCUT2D eigenvalue weighted by Gasteiger charge is -2.19. The SMILES string of the molecule is C=C(C)C(=O)OCC(CCc1ccc(-c2ccc(-c3ccc(CCCCC)cc3)cc2F)cc1)COC(=O)C(=C)COCC(C)(C)O. The van der Waals surface area contributed by atoms with Gasteiger partial charge in [0.25, 0.3) is 0 Å². The van der Waals surface area contributed by atoms with Crippen molar-refractivity contribution in [1.82, 2.24) is 0 Å². The smallest absolute Gasteiger partial charge is 0.335 e. The van der Waals surface area contributed by atoms with Crippen molar-refractivity contribution in [2.45, 2.75) is 71.8 Å². The molecule has 0 saturated carbocycles. The average molecular weight is 645 g/mol. The molecule has 3 aromatic carbocycles. The molecule has 1 atom stereocenters. The summed E-state index contributed by atoms with van der Waals surface area (Å²) in [5, 5.41) is 9.77. The van der Waals surface area contributed by atoms with Crippen LogP contribution in [0.5, 0.6) is 0 Å². The number of halogens is 1. The van der Waals surface area contributed by atoms with Crippen molar-refractivity contribution in [3.05, 3.63) is 108 Å². The van der Waals surface area contributed by atoms with Gasteiger partial charge < -0.3 is 19.3 Å². The Bertz CT molecular complexity index is 1480. The maximum absolute atomic E-state index is 15.3. The van der Waals surface area contributed by atoms with Crippen molar-refractivity contribution in [3.63, 3.8) is 0 Å². The molecule has 0 fully saturated rings. The summed E-state index contributed by atoms with van der Waals surface area (Å²) in [6.45, 7) is 14.3. The molecule has 3 aromatic rings. The van der Waals surface area contributed by atoms with Gasteiger partial charge in [-0.25, -0.2) is 14.0 Å². The second-order valence-corrected chi connectivity index (χ2v) is 12.8. The number of hydrogen-bond acceptors (Lipinski definition) is 6. The zero-order valence-electron chi connectivity index (χ0n) is 28.3. The number of carbonyl (C=O) groups is 2. The second-order valence-electron chi connectivity index (χ2n) is 12.8. The van der Waals surface area contributed by atoms with Crippen LogP contribution in [0.1, 0.15) is 64.5 Å². The summed E-state index contributed by atoms with van der Waals surface area (Å²) in [5.74, 6) is -1.69. The Morgan fingerprint density at radius 3 is 1.98 bits per heavy atom. The minimum Gasteiger partial charge on any atom is -0.462 e. The molecule has 0 spiro atoms. The lowest BCUT2D eigenvalue weighted by Crippen LogP contribution is -2.27. The predicted octanol–water partition coefficient (Wildman–Crippen LogP) is 8.45. The molecule has 7 heteroatoms. The molecule has 1 unspecified atom stereocenters. The maximum Gasteiger partial charge on any atom is 0.335 e. The van der Waals surface area contributed by atoms with E-state index in [0.717, 1.165) is 28.7 Å². The Balaban J connectivity index is 1.59. The number of benzene rings is 3. The predicted molar refractivity (Wildman–Crippen MR) is 185 cm³/mol. The van der Waals surface area contributed by atoms with E-state index in [2.05, 4.69) is 44.3 Å². The van der Waals surface area contributed by atoms with E-state index in [1.54, 1.807) is 26.8 Å². The number of esters is 2. The van der Waals surface area contributed by atoms with Crippen LogP contribution < -0.4 is 0 Å². The molecule has 3 rings (SSSR count). The standard InChI is InChI=1S/C40H49FO6/c1-7-8-9-10-30-13-17-33(18-14-30)35-21-22-36(37(41)23-35)34-19-15-31(16-20-34)11-12-32(25-46-38(42)28(2)3)26-47-39(43)29(4)24-45-27-40(5,6)44/h13-23,32,44H,2,4,7-12,24-27H2,1,3,5-6H3. The first kappa shape index (κ1) is 37.4. The molecule has 0 amide bonds. The maximum atomic E-state index is 15.3. The monoisotopic (exact) mass is 644 g/mol. The van der Waals surface area contributed by atoms with Gasteiger partial charge in [0.15, 0.2) is 0 Å². The largest absolute Gasteiger partial charge is 0.462 e. The molecule has 0 heterocycles. The molecule has 252 valence electrons. The second kappa shape index (κ2) is 18.3. The molecule has 0 bridgehead atoms. The van der Waals surface area contributed by atoms with Crippen LogP contribution in [0.4, 0.5) is 4.39 Å². The summed E-state index contributed by atoms with van der Waals surface area (Å²) in [6.07, 6.45) is 5.85. The van der Waals surface area contributed by atoms with Crippen molar-refractivity contribution >= 4 is 11.9 Å². The normalized spacial score (nSPS) is 12.0. The number of carbonyl (C=O) groups excluding carboxylic acids is 2. The first-order valence-corrected chi connectivity index (χ1v) is 16.3. The summed E-state index contributed by atoms with van der Waals surface area (Å²) in [5.41, 5.74) is 4.82. The van der Waals surface area contributed by atoms with Gasteiger partial charge in [0.1, 0.15) is 5.82 Å². The van der Waals surface area contributed by atoms with Gasteiger partial charge in [-0.2, -0.15) is 0 Å². The highest BCUT2D eigenvalue weighted by Gasteiger charge is 2.19. The zero-order valence-corrected chi connectivity index (χ0v) is 28.3. The van der Waals surface area contributed by atoms with Crippen LogP contribution in [0.15, 0.2) is 91.0 Å². The lowest BCUT2D eigenvalue weighted by atomic mass is 9.96. The molecule has 0 aliphatic heterocycles. The summed E-state index contributed by atoms with van der Waals surface area (Å²) in [4.78, 5) is 24.5. The molecule has 0 radical (unpaired) electrons. The minimum absolute atomic E-state index is 0.0179. The van der Waals surface area contributed by atoms with Gasteiger partial charge in [-0.3, -0.25) is 0 Å². The first-order chi connectivity index (χ1) is 22.4. The van der Waals surface area contributed by atoms with Crippen LogP contribution in [0, 0.1) is 11.7 Å². The molecular weight excluding hydrogens is 595 g/mol. The Kier molecular flexibility index (Phi) is 14.6. The van der Waals surface area contributed by atoms with Crippen LogP contribution in [-0.2, 0) is 36.6 Å². The summed E-state index contributed by atoms with van der Waals surface area (Å²) in [7, 11) is 0. The third-order valence-corrected chi connectivity index (χ3v) is 7.70. The van der Waals surface area contributed by atoms with E-state index in [4.69, 9.17) is 14.2 Å². The fourth-order valence-electron chi connectivity index (χ4n) is 4.90. The van der Waals surface area contributed by atoms with E-state index >= 15 is 4.39 Å². The Labute approximate surface area is 279 Å². The topological polar surface area (TPSA) is 82.1 Å². The van der Waals surface area contributed by atoms with Crippen molar-refractivity contribution in [2.24, 2.45) is 5.92 Å². The van der Waals surface area contributed by atoms with Crippen molar-refractivity contribution in [2.75, 3.05) is 26.4 Å². The van der Waals surface area contributed by atoms with E-state index in [-0.39, 0.29) is 49.3 Å². The van der Waals surface area contributed by atoms with Crippen LogP contribution >= 0.6 is 0 Å². The lowest BCUT2D eigenvalue weighted by molar-refractivity contribution is -0.144. The number of aliphatic hydroxyl groups is 1. The molecule has 0 saturated heterocycles. The molecule has 1 N–H and O–H groups in total. The van der Waals surface area contributed by atoms with E-state index in [1.165, 1.54) is 24.8 Å². The van der Waals surface area contributed by atoms with Gasteiger partial charge in [0, 0.05) is 17.1 Å². The number of unbranched alkanes of at least 4 members (excludes halogenated alkanes) is 2. The summed E-state index contributed by atoms with van der Waals surface area (Å²) < 4.78 is 31.4. The quantitative estimate of drug-likeness (QED) is 0.0801. The molecule has 47 heavy (non-hydrogen) atoms. The summed E-state index contributed by atoms with van der Waals surface area (Å²) >= 11 is 0. The number of aryl methyl sites for hydroxylation is 2. The van der Waals surface area contributed by atoms with Crippen LogP contribution in [0.3, 0.4) is 0 Å². The van der Waals surface area contributed by atoms with E-state index in [9.17, 15) is 14.7 Å². The highest BCUT2D eigenvalue weighted by atomic mass is 19.1. The summed E-state index contributed by atoms with van der Waals surface area (Å²) in [6, 6.07) is 21.4. The van der Waals surface area contributed by atoms with Crippen LogP contribution in [-0.4, -0.2) is 49.1 Å². The molecule has 0 aromatic heterocycles. The van der Waals surface area contributed by atoms with Crippen LogP contribution in [0.25, 0.3) is 22.3 Å². The number of rotatable bonds is 19. The number of hydrogen-bond donors (Lipinski definition) is 1. The van der Waals surface area contributed by atoms with E-state index < -0.39 is 17.5 Å². The third kappa shape index (κ3) is 12.9. The third-order valence-electron chi connectivity index (χ3n) is 7.70. The van der Waals surface area contributed by atoms with Gasteiger partial charge in [0.2, 0.25) is 0 Å². The molecule has 0 aliphatic carbocycles.